The fraction of sp³-hybridized carbons (Fsp3) is 0.120. The second-order valence-electron chi connectivity index (χ2n) is 8.30. The average Bonchev–Trinajstić information content (AvgIpc) is 3.21. The van der Waals surface area contributed by atoms with Crippen LogP contribution in [-0.4, -0.2) is 60.0 Å². The maximum absolute atomic E-state index is 13.2. The van der Waals surface area contributed by atoms with Crippen LogP contribution in [0.2, 0.25) is 0 Å². The van der Waals surface area contributed by atoms with E-state index in [1.54, 1.807) is 24.3 Å². The summed E-state index contributed by atoms with van der Waals surface area (Å²) in [6.45, 7) is 0. The highest BCUT2D eigenvalue weighted by Crippen LogP contribution is 2.49. The molecule has 10 nitrogen and oxygen atoms in total. The van der Waals surface area contributed by atoms with Gasteiger partial charge in [0.15, 0.2) is 5.78 Å². The zero-order chi connectivity index (χ0) is 25.1. The molecule has 0 radical (unpaired) electrons. The molecule has 10 heteroatoms. The highest BCUT2D eigenvalue weighted by molar-refractivity contribution is 6.14. The van der Waals surface area contributed by atoms with Crippen molar-refractivity contribution < 1.29 is 39.6 Å². The molecule has 35 heavy (non-hydrogen) atoms. The van der Waals surface area contributed by atoms with Crippen LogP contribution in [0.5, 0.6) is 5.75 Å². The van der Waals surface area contributed by atoms with Crippen LogP contribution in [0.4, 0.5) is 0 Å². The van der Waals surface area contributed by atoms with E-state index in [-0.39, 0.29) is 29.0 Å². The minimum Gasteiger partial charge on any atom is -0.507 e. The van der Waals surface area contributed by atoms with Gasteiger partial charge in [0.05, 0.1) is 16.8 Å². The molecule has 0 amide bonds. The number of aliphatic carboxylic acids is 3. The van der Waals surface area contributed by atoms with Gasteiger partial charge in [-0.15, -0.1) is 0 Å². The molecule has 1 aromatic heterocycles. The highest BCUT2D eigenvalue weighted by atomic mass is 16.4. The first-order valence-corrected chi connectivity index (χ1v) is 10.5. The van der Waals surface area contributed by atoms with Crippen LogP contribution in [0, 0.1) is 0 Å². The number of Topliss-reactive ketones (excluding diaryl/α,β-unsaturated/α-hetero) is 1. The molecule has 0 spiro atoms. The van der Waals surface area contributed by atoms with Gasteiger partial charge in [-0.05, 0) is 29.8 Å². The zero-order valence-corrected chi connectivity index (χ0v) is 17.9. The van der Waals surface area contributed by atoms with E-state index in [0.717, 1.165) is 17.2 Å². The van der Waals surface area contributed by atoms with E-state index in [0.29, 0.717) is 16.5 Å². The molecule has 5 N–H and O–H groups in total. The normalized spacial score (nSPS) is 20.9. The maximum atomic E-state index is 13.2. The summed E-state index contributed by atoms with van der Waals surface area (Å²) in [6, 6.07) is 10.9. The van der Waals surface area contributed by atoms with Crippen molar-refractivity contribution in [2.75, 3.05) is 0 Å². The Kier molecular flexibility index (Phi) is 4.76. The van der Waals surface area contributed by atoms with Gasteiger partial charge in [-0.3, -0.25) is 4.79 Å². The monoisotopic (exact) mass is 474 g/mol. The summed E-state index contributed by atoms with van der Waals surface area (Å²) in [5.74, 6) is -5.78. The lowest BCUT2D eigenvalue weighted by Crippen LogP contribution is -2.62. The molecular formula is C25H18N2O8. The third-order valence-corrected chi connectivity index (χ3v) is 6.50. The topological polar surface area (TPSA) is 168 Å². The van der Waals surface area contributed by atoms with Crippen LogP contribution in [0.1, 0.15) is 21.6 Å². The molecule has 2 aromatic carbocycles. The van der Waals surface area contributed by atoms with Crippen LogP contribution in [-0.2, 0) is 26.3 Å². The number of ketones is 1. The number of H-pyrrole nitrogens is 1. The molecule has 0 saturated carbocycles. The molecule has 0 saturated heterocycles. The van der Waals surface area contributed by atoms with E-state index in [2.05, 4.69) is 4.98 Å². The van der Waals surface area contributed by atoms with Gasteiger partial charge < -0.3 is 30.3 Å². The Morgan fingerprint density at radius 1 is 0.971 bits per heavy atom. The SMILES string of the molecule is O=C(O)C1=CC(C(=O)c2ccccc2O)=CN2C(C(=O)O)Cc3c([nH]c4ccccc34)C12C(=O)O. The average molecular weight is 474 g/mol. The Morgan fingerprint density at radius 2 is 1.66 bits per heavy atom. The number of carbonyl (C=O) groups excluding carboxylic acids is 1. The first kappa shape index (κ1) is 22.0. The molecule has 2 aliphatic rings. The molecule has 0 fully saturated rings. The number of nitrogens with zero attached hydrogens (tertiary/aromatic N) is 1. The molecule has 5 rings (SSSR count). The quantitative estimate of drug-likeness (QED) is 0.348. The van der Waals surface area contributed by atoms with Gasteiger partial charge in [0.25, 0.3) is 0 Å². The third kappa shape index (κ3) is 2.96. The Labute approximate surface area is 197 Å². The van der Waals surface area contributed by atoms with Crippen molar-refractivity contribution in [3.63, 3.8) is 0 Å². The maximum Gasteiger partial charge on any atom is 0.340 e. The summed E-state index contributed by atoms with van der Waals surface area (Å²) >= 11 is 0. The van der Waals surface area contributed by atoms with E-state index in [9.17, 15) is 39.6 Å². The van der Waals surface area contributed by atoms with Crippen LogP contribution < -0.4 is 0 Å². The molecule has 0 bridgehead atoms. The Bertz CT molecular complexity index is 1510. The number of hydrogen-bond donors (Lipinski definition) is 5. The number of aromatic hydroxyl groups is 1. The van der Waals surface area contributed by atoms with E-state index in [4.69, 9.17) is 0 Å². The number of carbonyl (C=O) groups is 4. The third-order valence-electron chi connectivity index (χ3n) is 6.50. The van der Waals surface area contributed by atoms with Crippen LogP contribution in [0.15, 0.2) is 72.0 Å². The number of aromatic amines is 1. The molecule has 3 aromatic rings. The lowest BCUT2D eigenvalue weighted by Gasteiger charge is -2.48. The Hall–Kier alpha value is -4.86. The zero-order valence-electron chi connectivity index (χ0n) is 17.9. The fourth-order valence-corrected chi connectivity index (χ4v) is 4.98. The van der Waals surface area contributed by atoms with Gasteiger partial charge >= 0.3 is 17.9 Å². The molecule has 176 valence electrons. The summed E-state index contributed by atoms with van der Waals surface area (Å²) < 4.78 is 0. The number of carboxylic acid groups (broad SMARTS) is 3. The Morgan fingerprint density at radius 3 is 2.31 bits per heavy atom. The number of rotatable bonds is 5. The van der Waals surface area contributed by atoms with E-state index in [1.165, 1.54) is 24.3 Å². The smallest absolute Gasteiger partial charge is 0.340 e. The van der Waals surface area contributed by atoms with Crippen molar-refractivity contribution in [3.05, 3.63) is 88.8 Å². The molecular weight excluding hydrogens is 456 g/mol. The minimum absolute atomic E-state index is 0.0163. The van der Waals surface area contributed by atoms with E-state index >= 15 is 0 Å². The predicted molar refractivity (Wildman–Crippen MR) is 121 cm³/mol. The summed E-state index contributed by atoms with van der Waals surface area (Å²) in [7, 11) is 0. The summed E-state index contributed by atoms with van der Waals surface area (Å²) in [6.07, 6.45) is 1.86. The van der Waals surface area contributed by atoms with Gasteiger partial charge in [-0.2, -0.15) is 0 Å². The fourth-order valence-electron chi connectivity index (χ4n) is 4.98. The number of para-hydroxylation sites is 2. The standard InChI is InChI=1S/C25H18N2O8/c28-19-8-4-2-6-14(19)20(29)12-9-16(22(30)31)25(24(34)35)21-15(10-18(23(32)33)27(25)11-12)13-5-1-3-7-17(13)26-21/h1-9,11,18,26,28H,10H2,(H,30,31)(H,32,33)(H,34,35). The van der Waals surface area contributed by atoms with Crippen molar-refractivity contribution in [2.24, 2.45) is 0 Å². The number of fused-ring (bicyclic) bond motifs is 5. The van der Waals surface area contributed by atoms with Gasteiger partial charge in [0.2, 0.25) is 5.54 Å². The second kappa shape index (κ2) is 7.59. The van der Waals surface area contributed by atoms with Gasteiger partial charge in [-0.1, -0.05) is 30.3 Å². The lowest BCUT2D eigenvalue weighted by molar-refractivity contribution is -0.158. The second-order valence-corrected chi connectivity index (χ2v) is 8.30. The van der Waals surface area contributed by atoms with Crippen LogP contribution >= 0.6 is 0 Å². The Balaban J connectivity index is 1.83. The first-order valence-electron chi connectivity index (χ1n) is 10.5. The first-order chi connectivity index (χ1) is 16.7. The summed E-state index contributed by atoms with van der Waals surface area (Å²) in [4.78, 5) is 54.9. The number of phenolic OH excluding ortho intramolecular Hbond substituents is 1. The largest absolute Gasteiger partial charge is 0.507 e. The van der Waals surface area contributed by atoms with Gasteiger partial charge in [-0.25, -0.2) is 14.4 Å². The highest BCUT2D eigenvalue weighted by Gasteiger charge is 2.60. The van der Waals surface area contributed by atoms with Crippen molar-refractivity contribution in [1.29, 1.82) is 0 Å². The molecule has 3 heterocycles. The van der Waals surface area contributed by atoms with Crippen molar-refractivity contribution in [3.8, 4) is 5.75 Å². The van der Waals surface area contributed by atoms with Crippen molar-refractivity contribution in [1.82, 2.24) is 9.88 Å². The number of aromatic nitrogens is 1. The number of hydrogen-bond acceptors (Lipinski definition) is 6. The number of allylic oxidation sites excluding steroid dienone is 2. The predicted octanol–water partition coefficient (Wildman–Crippen LogP) is 2.26. The molecule has 2 unspecified atom stereocenters. The lowest BCUT2D eigenvalue weighted by atomic mass is 9.73. The van der Waals surface area contributed by atoms with Crippen LogP contribution in [0.25, 0.3) is 10.9 Å². The van der Waals surface area contributed by atoms with E-state index in [1.807, 2.05) is 0 Å². The minimum atomic E-state index is -2.44. The van der Waals surface area contributed by atoms with Crippen molar-refractivity contribution >= 4 is 34.6 Å². The van der Waals surface area contributed by atoms with Gasteiger partial charge in [0.1, 0.15) is 11.8 Å². The van der Waals surface area contributed by atoms with Crippen molar-refractivity contribution in [2.45, 2.75) is 18.0 Å². The number of nitrogens with one attached hydrogen (secondary N) is 1. The number of carboxylic acids is 3. The van der Waals surface area contributed by atoms with Gasteiger partial charge in [0, 0.05) is 29.1 Å². The molecule has 2 atom stereocenters. The molecule has 0 aliphatic carbocycles. The van der Waals surface area contributed by atoms with E-state index < -0.39 is 40.8 Å². The summed E-state index contributed by atoms with van der Waals surface area (Å²) in [5.41, 5.74) is -2.64. The summed E-state index contributed by atoms with van der Waals surface area (Å²) in [5, 5.41) is 41.4. The molecule has 2 aliphatic heterocycles. The number of phenols is 1. The number of benzene rings is 2. The van der Waals surface area contributed by atoms with Crippen LogP contribution in [0.3, 0.4) is 0 Å².